The van der Waals surface area contributed by atoms with Crippen molar-refractivity contribution in [2.24, 2.45) is 0 Å². The molecule has 0 radical (unpaired) electrons. The van der Waals surface area contributed by atoms with Crippen LogP contribution in [0.4, 0.5) is 0 Å². The zero-order chi connectivity index (χ0) is 12.4. The quantitative estimate of drug-likeness (QED) is 0.827. The highest BCUT2D eigenvalue weighted by Gasteiger charge is 2.17. The molecule has 3 rings (SSSR count). The fourth-order valence-electron chi connectivity index (χ4n) is 2.25. The molecule has 1 aliphatic rings. The first kappa shape index (κ1) is 11.2. The SMILES string of the molecule is O=C(Cc1cn2ccccc2n1)N1CCNCC1. The van der Waals surface area contributed by atoms with Crippen LogP contribution in [-0.4, -0.2) is 46.4 Å². The maximum atomic E-state index is 12.1. The highest BCUT2D eigenvalue weighted by molar-refractivity contribution is 5.78. The summed E-state index contributed by atoms with van der Waals surface area (Å²) in [5.41, 5.74) is 1.73. The standard InChI is InChI=1S/C13H16N4O/c18-13(16-7-4-14-5-8-16)9-11-10-17-6-2-1-3-12(17)15-11/h1-3,6,10,14H,4-5,7-9H2. The lowest BCUT2D eigenvalue weighted by Gasteiger charge is -2.27. The highest BCUT2D eigenvalue weighted by atomic mass is 16.2. The molecule has 1 saturated heterocycles. The Bertz CT molecular complexity index is 524. The van der Waals surface area contributed by atoms with Crippen molar-refractivity contribution in [3.05, 3.63) is 36.3 Å². The topological polar surface area (TPSA) is 49.6 Å². The summed E-state index contributed by atoms with van der Waals surface area (Å²) in [4.78, 5) is 18.4. The number of hydrogen-bond donors (Lipinski definition) is 1. The number of carbonyl (C=O) groups is 1. The normalized spacial score (nSPS) is 16.1. The van der Waals surface area contributed by atoms with Gasteiger partial charge in [-0.1, -0.05) is 6.07 Å². The second-order valence-electron chi connectivity index (χ2n) is 4.51. The van der Waals surface area contributed by atoms with Gasteiger partial charge in [0.15, 0.2) is 0 Å². The summed E-state index contributed by atoms with van der Waals surface area (Å²) in [5, 5.41) is 3.24. The molecule has 0 saturated carbocycles. The number of carbonyl (C=O) groups excluding carboxylic acids is 1. The van der Waals surface area contributed by atoms with E-state index in [2.05, 4.69) is 10.3 Å². The molecule has 1 aliphatic heterocycles. The van der Waals surface area contributed by atoms with Crippen LogP contribution in [0.5, 0.6) is 0 Å². The second-order valence-corrected chi connectivity index (χ2v) is 4.51. The molecule has 0 aromatic carbocycles. The Hall–Kier alpha value is -1.88. The molecule has 2 aromatic heterocycles. The van der Waals surface area contributed by atoms with Crippen LogP contribution in [0.25, 0.3) is 5.65 Å². The smallest absolute Gasteiger partial charge is 0.228 e. The molecule has 94 valence electrons. The molecule has 1 amide bonds. The number of aromatic nitrogens is 2. The third-order valence-corrected chi connectivity index (χ3v) is 3.22. The Balaban J connectivity index is 1.73. The highest BCUT2D eigenvalue weighted by Crippen LogP contribution is 2.07. The van der Waals surface area contributed by atoms with E-state index >= 15 is 0 Å². The predicted molar refractivity (Wildman–Crippen MR) is 68.3 cm³/mol. The van der Waals surface area contributed by atoms with Crippen LogP contribution < -0.4 is 5.32 Å². The molecule has 0 spiro atoms. The molecular formula is C13H16N4O. The van der Waals surface area contributed by atoms with Crippen molar-refractivity contribution in [1.82, 2.24) is 19.6 Å². The van der Waals surface area contributed by atoms with Crippen molar-refractivity contribution in [2.75, 3.05) is 26.2 Å². The number of nitrogens with zero attached hydrogens (tertiary/aromatic N) is 3. The van der Waals surface area contributed by atoms with E-state index in [1.807, 2.05) is 39.9 Å². The Kier molecular flexibility index (Phi) is 2.98. The molecule has 0 aliphatic carbocycles. The van der Waals surface area contributed by atoms with Crippen molar-refractivity contribution < 1.29 is 4.79 Å². The third kappa shape index (κ3) is 2.22. The average Bonchev–Trinajstić information content (AvgIpc) is 2.82. The molecule has 2 aromatic rings. The molecule has 0 atom stereocenters. The van der Waals surface area contributed by atoms with E-state index in [1.165, 1.54) is 0 Å². The first-order chi connectivity index (χ1) is 8.83. The Morgan fingerprint density at radius 2 is 2.17 bits per heavy atom. The number of rotatable bonds is 2. The van der Waals surface area contributed by atoms with Crippen LogP contribution in [-0.2, 0) is 11.2 Å². The zero-order valence-electron chi connectivity index (χ0n) is 10.2. The number of nitrogens with one attached hydrogen (secondary N) is 1. The minimum Gasteiger partial charge on any atom is -0.340 e. The van der Waals surface area contributed by atoms with E-state index in [1.54, 1.807) is 0 Å². The molecule has 3 heterocycles. The Morgan fingerprint density at radius 3 is 2.94 bits per heavy atom. The fourth-order valence-corrected chi connectivity index (χ4v) is 2.25. The van der Waals surface area contributed by atoms with Gasteiger partial charge in [0, 0.05) is 38.6 Å². The van der Waals surface area contributed by atoms with Crippen molar-refractivity contribution in [3.8, 4) is 0 Å². The number of fused-ring (bicyclic) bond motifs is 1. The minimum atomic E-state index is 0.167. The van der Waals surface area contributed by atoms with Crippen molar-refractivity contribution >= 4 is 11.6 Å². The van der Waals surface area contributed by atoms with Crippen LogP contribution >= 0.6 is 0 Å². The van der Waals surface area contributed by atoms with Crippen molar-refractivity contribution in [1.29, 1.82) is 0 Å². The lowest BCUT2D eigenvalue weighted by atomic mass is 10.2. The van der Waals surface area contributed by atoms with E-state index in [4.69, 9.17) is 0 Å². The van der Waals surface area contributed by atoms with E-state index in [-0.39, 0.29) is 5.91 Å². The maximum Gasteiger partial charge on any atom is 0.228 e. The average molecular weight is 244 g/mol. The number of imidazole rings is 1. The largest absolute Gasteiger partial charge is 0.340 e. The van der Waals surface area contributed by atoms with Crippen LogP contribution in [0.3, 0.4) is 0 Å². The first-order valence-corrected chi connectivity index (χ1v) is 6.24. The van der Waals surface area contributed by atoms with Crippen molar-refractivity contribution in [2.45, 2.75) is 6.42 Å². The predicted octanol–water partition coefficient (Wildman–Crippen LogP) is 0.309. The Labute approximate surface area is 105 Å². The number of hydrogen-bond acceptors (Lipinski definition) is 3. The van der Waals surface area contributed by atoms with Crippen LogP contribution in [0.2, 0.25) is 0 Å². The molecule has 5 heteroatoms. The van der Waals surface area contributed by atoms with Gasteiger partial charge in [-0.2, -0.15) is 0 Å². The summed E-state index contributed by atoms with van der Waals surface area (Å²) < 4.78 is 1.94. The lowest BCUT2D eigenvalue weighted by molar-refractivity contribution is -0.131. The molecule has 0 bridgehead atoms. The van der Waals surface area contributed by atoms with Gasteiger partial charge < -0.3 is 14.6 Å². The molecule has 0 unspecified atom stereocenters. The van der Waals surface area contributed by atoms with E-state index in [0.29, 0.717) is 6.42 Å². The monoisotopic (exact) mass is 244 g/mol. The molecule has 18 heavy (non-hydrogen) atoms. The van der Waals surface area contributed by atoms with Gasteiger partial charge in [0.1, 0.15) is 5.65 Å². The molecule has 1 N–H and O–H groups in total. The fraction of sp³-hybridized carbons (Fsp3) is 0.385. The minimum absolute atomic E-state index is 0.167. The van der Waals surface area contributed by atoms with Gasteiger partial charge >= 0.3 is 0 Å². The van der Waals surface area contributed by atoms with Gasteiger partial charge in [0.05, 0.1) is 12.1 Å². The molecule has 1 fully saturated rings. The summed E-state index contributed by atoms with van der Waals surface area (Å²) in [6.45, 7) is 3.37. The van der Waals surface area contributed by atoms with Crippen LogP contribution in [0.1, 0.15) is 5.69 Å². The molecular weight excluding hydrogens is 228 g/mol. The van der Waals surface area contributed by atoms with Gasteiger partial charge in [0.2, 0.25) is 5.91 Å². The van der Waals surface area contributed by atoms with Gasteiger partial charge in [-0.05, 0) is 12.1 Å². The lowest BCUT2D eigenvalue weighted by Crippen LogP contribution is -2.46. The van der Waals surface area contributed by atoms with E-state index < -0.39 is 0 Å². The van der Waals surface area contributed by atoms with Gasteiger partial charge in [-0.15, -0.1) is 0 Å². The summed E-state index contributed by atoms with van der Waals surface area (Å²) in [6, 6.07) is 5.85. The zero-order valence-corrected chi connectivity index (χ0v) is 10.2. The van der Waals surface area contributed by atoms with Crippen LogP contribution in [0.15, 0.2) is 30.6 Å². The van der Waals surface area contributed by atoms with E-state index in [9.17, 15) is 4.79 Å². The number of pyridine rings is 1. The summed E-state index contributed by atoms with van der Waals surface area (Å²) in [5.74, 6) is 0.167. The van der Waals surface area contributed by atoms with Gasteiger partial charge in [-0.3, -0.25) is 4.79 Å². The van der Waals surface area contributed by atoms with Crippen LogP contribution in [0, 0.1) is 0 Å². The first-order valence-electron chi connectivity index (χ1n) is 6.24. The molecule has 5 nitrogen and oxygen atoms in total. The number of amides is 1. The van der Waals surface area contributed by atoms with Gasteiger partial charge in [0.25, 0.3) is 0 Å². The summed E-state index contributed by atoms with van der Waals surface area (Å²) in [7, 11) is 0. The van der Waals surface area contributed by atoms with Crippen molar-refractivity contribution in [3.63, 3.8) is 0 Å². The van der Waals surface area contributed by atoms with E-state index in [0.717, 1.165) is 37.5 Å². The summed E-state index contributed by atoms with van der Waals surface area (Å²) >= 11 is 0. The second kappa shape index (κ2) is 4.78. The maximum absolute atomic E-state index is 12.1. The summed E-state index contributed by atoms with van der Waals surface area (Å²) in [6.07, 6.45) is 4.26. The third-order valence-electron chi connectivity index (χ3n) is 3.22. The van der Waals surface area contributed by atoms with Gasteiger partial charge in [-0.25, -0.2) is 4.98 Å². The number of piperazine rings is 1. The Morgan fingerprint density at radius 1 is 1.33 bits per heavy atom.